The van der Waals surface area contributed by atoms with Crippen LogP contribution < -0.4 is 0 Å². The Bertz CT molecular complexity index is 446. The van der Waals surface area contributed by atoms with Crippen LogP contribution in [-0.2, 0) is 20.7 Å². The number of rotatable bonds is 2. The van der Waals surface area contributed by atoms with E-state index < -0.39 is 5.12 Å². The average Bonchev–Trinajstić information content (AvgIpc) is 2.97. The molecule has 1 aromatic carbocycles. The van der Waals surface area contributed by atoms with Gasteiger partial charge >= 0.3 is 5.97 Å². The molecule has 84 valence electrons. The van der Waals surface area contributed by atoms with Gasteiger partial charge in [-0.05, 0) is 23.4 Å². The predicted octanol–water partition coefficient (Wildman–Crippen LogP) is 2.34. The molecule has 0 saturated carbocycles. The number of hydrogen-bond donors (Lipinski definition) is 0. The van der Waals surface area contributed by atoms with Crippen LogP contribution >= 0.6 is 11.8 Å². The molecular formula is C12H12O3S. The first-order valence-electron chi connectivity index (χ1n) is 5.40. The molecule has 1 aromatic rings. The van der Waals surface area contributed by atoms with Crippen LogP contribution in [0.5, 0.6) is 0 Å². The van der Waals surface area contributed by atoms with Crippen molar-refractivity contribution < 1.29 is 14.3 Å². The zero-order valence-corrected chi connectivity index (χ0v) is 9.75. The summed E-state index contributed by atoms with van der Waals surface area (Å²) in [6.45, 7) is 1.79. The van der Waals surface area contributed by atoms with Gasteiger partial charge in [0.25, 0.3) is 5.12 Å². The molecule has 2 heterocycles. The average molecular weight is 236 g/mol. The SMILES string of the molecule is CCC(=O)OC12OC1Cc1ccccc1S2. The minimum absolute atomic E-state index is 0.0305. The Morgan fingerprint density at radius 2 is 2.44 bits per heavy atom. The first kappa shape index (κ1) is 10.2. The number of carbonyl (C=O) groups excluding carboxylic acids is 1. The maximum absolute atomic E-state index is 11.3. The van der Waals surface area contributed by atoms with Crippen LogP contribution in [0.25, 0.3) is 0 Å². The zero-order chi connectivity index (χ0) is 11.2. The summed E-state index contributed by atoms with van der Waals surface area (Å²) in [7, 11) is 0. The second-order valence-corrected chi connectivity index (χ2v) is 5.16. The molecule has 1 saturated heterocycles. The standard InChI is InChI=1S/C12H12O3S/c1-2-11(13)15-12-10(14-12)7-8-5-3-4-6-9(8)16-12/h3-6,10H,2,7H2,1H3. The van der Waals surface area contributed by atoms with Crippen molar-refractivity contribution in [1.82, 2.24) is 0 Å². The van der Waals surface area contributed by atoms with Crippen molar-refractivity contribution in [3.63, 3.8) is 0 Å². The van der Waals surface area contributed by atoms with Crippen molar-refractivity contribution in [3.8, 4) is 0 Å². The molecule has 16 heavy (non-hydrogen) atoms. The number of esters is 1. The molecule has 2 atom stereocenters. The van der Waals surface area contributed by atoms with Gasteiger partial charge in [-0.1, -0.05) is 25.1 Å². The highest BCUT2D eigenvalue weighted by atomic mass is 32.2. The van der Waals surface area contributed by atoms with Crippen LogP contribution in [0, 0.1) is 0 Å². The van der Waals surface area contributed by atoms with Crippen LogP contribution in [0.2, 0.25) is 0 Å². The predicted molar refractivity (Wildman–Crippen MR) is 60.0 cm³/mol. The van der Waals surface area contributed by atoms with E-state index in [2.05, 4.69) is 6.07 Å². The molecule has 0 spiro atoms. The van der Waals surface area contributed by atoms with Gasteiger partial charge in [0.05, 0.1) is 0 Å². The Morgan fingerprint density at radius 1 is 1.62 bits per heavy atom. The Labute approximate surface area is 98.1 Å². The fourth-order valence-corrected chi connectivity index (χ4v) is 3.14. The summed E-state index contributed by atoms with van der Waals surface area (Å²) in [5, 5.41) is -0.721. The molecule has 0 N–H and O–H groups in total. The summed E-state index contributed by atoms with van der Waals surface area (Å²) >= 11 is 1.51. The third kappa shape index (κ3) is 1.53. The molecule has 0 aromatic heterocycles. The van der Waals surface area contributed by atoms with E-state index >= 15 is 0 Å². The smallest absolute Gasteiger partial charge is 0.308 e. The second kappa shape index (κ2) is 3.50. The maximum atomic E-state index is 11.3. The van der Waals surface area contributed by atoms with Gasteiger partial charge < -0.3 is 9.47 Å². The lowest BCUT2D eigenvalue weighted by atomic mass is 10.1. The fraction of sp³-hybridized carbons (Fsp3) is 0.417. The third-order valence-electron chi connectivity index (χ3n) is 2.82. The highest BCUT2D eigenvalue weighted by Gasteiger charge is 2.63. The lowest BCUT2D eigenvalue weighted by Crippen LogP contribution is -2.24. The summed E-state index contributed by atoms with van der Waals surface area (Å²) in [6.07, 6.45) is 1.25. The van der Waals surface area contributed by atoms with E-state index in [9.17, 15) is 4.79 Å². The number of benzene rings is 1. The third-order valence-corrected chi connectivity index (χ3v) is 4.16. The number of epoxide rings is 1. The van der Waals surface area contributed by atoms with Crippen LogP contribution in [0.15, 0.2) is 29.2 Å². The summed E-state index contributed by atoms with van der Waals surface area (Å²) in [4.78, 5) is 12.5. The van der Waals surface area contributed by atoms with E-state index in [0.29, 0.717) is 6.42 Å². The first-order valence-corrected chi connectivity index (χ1v) is 6.22. The van der Waals surface area contributed by atoms with Gasteiger partial charge in [0.15, 0.2) is 0 Å². The van der Waals surface area contributed by atoms with E-state index in [4.69, 9.17) is 9.47 Å². The van der Waals surface area contributed by atoms with E-state index in [1.165, 1.54) is 17.3 Å². The number of fused-ring (bicyclic) bond motifs is 2. The number of hydrogen-bond acceptors (Lipinski definition) is 4. The highest BCUT2D eigenvalue weighted by molar-refractivity contribution is 8.00. The molecule has 2 aliphatic rings. The molecule has 1 fully saturated rings. The van der Waals surface area contributed by atoms with Crippen molar-refractivity contribution >= 4 is 17.7 Å². The van der Waals surface area contributed by atoms with Crippen molar-refractivity contribution in [3.05, 3.63) is 29.8 Å². The minimum Gasteiger partial charge on any atom is -0.420 e. The lowest BCUT2D eigenvalue weighted by molar-refractivity contribution is -0.150. The van der Waals surface area contributed by atoms with Crippen molar-refractivity contribution in [2.24, 2.45) is 0 Å². The Hall–Kier alpha value is -1.00. The summed E-state index contributed by atoms with van der Waals surface area (Å²) < 4.78 is 10.9. The normalized spacial score (nSPS) is 30.2. The van der Waals surface area contributed by atoms with Gasteiger partial charge in [0, 0.05) is 17.7 Å². The quantitative estimate of drug-likeness (QED) is 0.583. The zero-order valence-electron chi connectivity index (χ0n) is 8.93. The lowest BCUT2D eigenvalue weighted by Gasteiger charge is -2.19. The van der Waals surface area contributed by atoms with Crippen molar-refractivity contribution in [2.75, 3.05) is 0 Å². The Balaban J connectivity index is 1.82. The molecule has 0 aliphatic carbocycles. The highest BCUT2D eigenvalue weighted by Crippen LogP contribution is 2.56. The molecule has 0 radical (unpaired) electrons. The van der Waals surface area contributed by atoms with E-state index in [0.717, 1.165) is 11.3 Å². The Kier molecular flexibility index (Phi) is 2.23. The van der Waals surface area contributed by atoms with Crippen LogP contribution in [0.3, 0.4) is 0 Å². The van der Waals surface area contributed by atoms with E-state index in [1.807, 2.05) is 18.2 Å². The molecule has 0 amide bonds. The fourth-order valence-electron chi connectivity index (χ4n) is 1.89. The number of carbonyl (C=O) groups is 1. The minimum atomic E-state index is -0.721. The van der Waals surface area contributed by atoms with Crippen molar-refractivity contribution in [2.45, 2.75) is 35.9 Å². The monoisotopic (exact) mass is 236 g/mol. The largest absolute Gasteiger partial charge is 0.420 e. The van der Waals surface area contributed by atoms with Gasteiger partial charge in [-0.25, -0.2) is 0 Å². The van der Waals surface area contributed by atoms with Gasteiger partial charge in [-0.3, -0.25) is 4.79 Å². The summed E-state index contributed by atoms with van der Waals surface area (Å²) in [6, 6.07) is 8.14. The summed E-state index contributed by atoms with van der Waals surface area (Å²) in [5.74, 6) is -0.200. The molecule has 2 unspecified atom stereocenters. The number of thioether (sulfide) groups is 1. The van der Waals surface area contributed by atoms with Crippen LogP contribution in [0.1, 0.15) is 18.9 Å². The van der Waals surface area contributed by atoms with Crippen molar-refractivity contribution in [1.29, 1.82) is 0 Å². The van der Waals surface area contributed by atoms with Gasteiger partial charge in [0.1, 0.15) is 6.10 Å². The topological polar surface area (TPSA) is 38.8 Å². The molecule has 4 heteroatoms. The number of ether oxygens (including phenoxy) is 2. The van der Waals surface area contributed by atoms with Gasteiger partial charge in [0.2, 0.25) is 0 Å². The van der Waals surface area contributed by atoms with Gasteiger partial charge in [-0.15, -0.1) is 0 Å². The Morgan fingerprint density at radius 3 is 3.25 bits per heavy atom. The molecule has 3 nitrogen and oxygen atoms in total. The maximum Gasteiger partial charge on any atom is 0.308 e. The molecule has 3 rings (SSSR count). The van der Waals surface area contributed by atoms with E-state index in [-0.39, 0.29) is 12.1 Å². The molecule has 2 aliphatic heterocycles. The van der Waals surface area contributed by atoms with E-state index in [1.54, 1.807) is 6.92 Å². The molecule has 0 bridgehead atoms. The summed E-state index contributed by atoms with van der Waals surface area (Å²) in [5.41, 5.74) is 1.28. The van der Waals surface area contributed by atoms with Crippen LogP contribution in [0.4, 0.5) is 0 Å². The first-order chi connectivity index (χ1) is 7.73. The van der Waals surface area contributed by atoms with Gasteiger partial charge in [-0.2, -0.15) is 0 Å². The molecular weight excluding hydrogens is 224 g/mol. The second-order valence-electron chi connectivity index (χ2n) is 3.95. The van der Waals surface area contributed by atoms with Crippen LogP contribution in [-0.4, -0.2) is 17.2 Å².